The Kier molecular flexibility index (Phi) is 7.84. The third-order valence-corrected chi connectivity index (χ3v) is 7.20. The molecule has 36 heavy (non-hydrogen) atoms. The van der Waals surface area contributed by atoms with E-state index < -0.39 is 52.1 Å². The van der Waals surface area contributed by atoms with Crippen LogP contribution in [0.3, 0.4) is 0 Å². The Labute approximate surface area is 220 Å². The third kappa shape index (κ3) is 5.12. The van der Waals surface area contributed by atoms with Gasteiger partial charge in [0.05, 0.1) is 6.54 Å². The van der Waals surface area contributed by atoms with Crippen molar-refractivity contribution in [2.24, 2.45) is 5.73 Å². The van der Waals surface area contributed by atoms with Crippen LogP contribution in [0, 0.1) is 0 Å². The summed E-state index contributed by atoms with van der Waals surface area (Å²) < 4.78 is 0. The number of aromatic hydroxyl groups is 3. The molecule has 0 unspecified atom stereocenters. The monoisotopic (exact) mass is 506 g/mol. The minimum Gasteiger partial charge on any atom is -0.509 e. The maximum Gasteiger partial charge on any atom is 0.239 e. The molecule has 0 aliphatic heterocycles. The Hall–Kier alpha value is -1.81. The van der Waals surface area contributed by atoms with Crippen molar-refractivity contribution < 1.29 is 30.6 Å². The first-order chi connectivity index (χ1) is 16.4. The molecule has 0 spiro atoms. The SMILES string of the molecule is [B]c1c(O)c([B])c([C@@H]2C[C@@H](CCC(C)(C)N(C([B])([B])O)C(O)(O)CN)c3cc(Cl)ccc32)c(O)c1O. The quantitative estimate of drug-likeness (QED) is 0.105. The second-order valence-electron chi connectivity index (χ2n) is 9.99. The van der Waals surface area contributed by atoms with Crippen molar-refractivity contribution in [3.05, 3.63) is 39.9 Å². The Bertz CT molecular complexity index is 1130. The summed E-state index contributed by atoms with van der Waals surface area (Å²) in [6.45, 7) is 2.58. The lowest BCUT2D eigenvalue weighted by Gasteiger charge is -2.52. The van der Waals surface area contributed by atoms with Crippen LogP contribution >= 0.6 is 11.6 Å². The zero-order chi connectivity index (χ0) is 27.4. The molecular weight excluding hydrogens is 479 g/mol. The van der Waals surface area contributed by atoms with E-state index in [9.17, 15) is 30.6 Å². The van der Waals surface area contributed by atoms with Crippen LogP contribution in [0.1, 0.15) is 61.6 Å². The summed E-state index contributed by atoms with van der Waals surface area (Å²) in [6, 6.07) is 5.24. The molecule has 8 radical (unpaired) electrons. The number of phenolic OH excluding ortho intramolecular Hbond substituents is 3. The van der Waals surface area contributed by atoms with Gasteiger partial charge in [-0.3, -0.25) is 0 Å². The fraction of sp³-hybridized carbons (Fsp3) is 0.478. The number of nitrogens with two attached hydrogens (primary N) is 1. The lowest BCUT2D eigenvalue weighted by atomic mass is 9.68. The van der Waals surface area contributed by atoms with Crippen molar-refractivity contribution in [1.82, 2.24) is 4.90 Å². The Morgan fingerprint density at radius 1 is 1.00 bits per heavy atom. The van der Waals surface area contributed by atoms with E-state index in [4.69, 9.17) is 48.7 Å². The van der Waals surface area contributed by atoms with Gasteiger partial charge in [0.2, 0.25) is 5.91 Å². The molecule has 0 saturated carbocycles. The van der Waals surface area contributed by atoms with Gasteiger partial charge in [0.15, 0.2) is 11.5 Å². The molecule has 8 N–H and O–H groups in total. The van der Waals surface area contributed by atoms with Crippen LogP contribution in [0.25, 0.3) is 0 Å². The van der Waals surface area contributed by atoms with Crippen molar-refractivity contribution in [2.45, 2.75) is 61.9 Å². The van der Waals surface area contributed by atoms with Gasteiger partial charge in [0, 0.05) is 27.6 Å². The zero-order valence-electron chi connectivity index (χ0n) is 20.1. The van der Waals surface area contributed by atoms with Gasteiger partial charge in [-0.25, -0.2) is 4.90 Å². The molecular formula is C23H27B4ClN2O6. The maximum absolute atomic E-state index is 10.7. The number of hydrogen-bond acceptors (Lipinski definition) is 8. The Morgan fingerprint density at radius 2 is 1.61 bits per heavy atom. The fourth-order valence-electron chi connectivity index (χ4n) is 5.41. The Balaban J connectivity index is 2.00. The van der Waals surface area contributed by atoms with Crippen molar-refractivity contribution in [3.63, 3.8) is 0 Å². The van der Waals surface area contributed by atoms with Crippen molar-refractivity contribution in [3.8, 4) is 17.2 Å². The number of hydrogen-bond donors (Lipinski definition) is 7. The molecule has 0 fully saturated rings. The van der Waals surface area contributed by atoms with Crippen LogP contribution in [0.4, 0.5) is 0 Å². The van der Waals surface area contributed by atoms with Crippen LogP contribution in [0.15, 0.2) is 18.2 Å². The minimum absolute atomic E-state index is 0.136. The second kappa shape index (κ2) is 9.82. The van der Waals surface area contributed by atoms with Crippen LogP contribution in [0.5, 0.6) is 17.2 Å². The maximum atomic E-state index is 10.7. The smallest absolute Gasteiger partial charge is 0.239 e. The molecule has 1 aliphatic rings. The summed E-state index contributed by atoms with van der Waals surface area (Å²) >= 11 is 6.27. The molecule has 3 rings (SSSR count). The molecule has 0 heterocycles. The summed E-state index contributed by atoms with van der Waals surface area (Å²) in [5.41, 5.74) is 2.92. The third-order valence-electron chi connectivity index (χ3n) is 6.97. The summed E-state index contributed by atoms with van der Waals surface area (Å²) in [6.07, 6.45) is 1.09. The number of benzene rings is 2. The summed E-state index contributed by atoms with van der Waals surface area (Å²) in [4.78, 5) is 0.734. The largest absolute Gasteiger partial charge is 0.509 e. The fourth-order valence-corrected chi connectivity index (χ4v) is 5.59. The number of fused-ring (bicyclic) bond motifs is 1. The van der Waals surface area contributed by atoms with Gasteiger partial charge in [0.25, 0.3) is 0 Å². The average molecular weight is 506 g/mol. The first kappa shape index (κ1) is 28.8. The van der Waals surface area contributed by atoms with E-state index in [1.807, 2.05) is 0 Å². The Morgan fingerprint density at radius 3 is 2.17 bits per heavy atom. The van der Waals surface area contributed by atoms with Crippen LogP contribution in [-0.2, 0) is 0 Å². The summed E-state index contributed by atoms with van der Waals surface area (Å²) in [7, 11) is 23.0. The van der Waals surface area contributed by atoms with E-state index in [0.29, 0.717) is 17.9 Å². The lowest BCUT2D eigenvalue weighted by Crippen LogP contribution is -2.71. The van der Waals surface area contributed by atoms with E-state index in [1.54, 1.807) is 32.0 Å². The molecule has 0 aromatic heterocycles. The number of nitrogens with zero attached hydrogens (tertiary/aromatic N) is 1. The van der Waals surface area contributed by atoms with Gasteiger partial charge < -0.3 is 36.4 Å². The standard InChI is InChI=1S/C23H27B4ClN2O6/c1-21(2,30(23(26,27)36)22(34,35)9-29)6-5-10-7-14(12-4-3-11(28)8-13(10)12)15-16(24)19(32)17(25)20(33)18(15)31/h3-4,8,10,14,31-36H,5-7,9,29H2,1-2H3/t10-,14-/m1/s1. The predicted octanol–water partition coefficient (Wildman–Crippen LogP) is -0.938. The molecule has 1 aliphatic carbocycles. The first-order valence-corrected chi connectivity index (χ1v) is 11.7. The van der Waals surface area contributed by atoms with E-state index in [0.717, 1.165) is 16.0 Å². The lowest BCUT2D eigenvalue weighted by molar-refractivity contribution is -0.313. The highest BCUT2D eigenvalue weighted by molar-refractivity contribution is 6.43. The zero-order valence-corrected chi connectivity index (χ0v) is 20.9. The summed E-state index contributed by atoms with van der Waals surface area (Å²) in [5, 5.41) is 62.7. The van der Waals surface area contributed by atoms with Gasteiger partial charge >= 0.3 is 0 Å². The summed E-state index contributed by atoms with van der Waals surface area (Å²) in [5.74, 6) is -5.10. The molecule has 2 aromatic carbocycles. The van der Waals surface area contributed by atoms with E-state index >= 15 is 0 Å². The normalized spacial score (nSPS) is 18.6. The first-order valence-electron chi connectivity index (χ1n) is 11.3. The highest BCUT2D eigenvalue weighted by Crippen LogP contribution is 2.51. The molecule has 13 heteroatoms. The number of halogens is 1. The molecule has 0 amide bonds. The van der Waals surface area contributed by atoms with E-state index in [1.165, 1.54) is 0 Å². The van der Waals surface area contributed by atoms with Gasteiger partial charge in [-0.15, -0.1) is 0 Å². The van der Waals surface area contributed by atoms with Crippen molar-refractivity contribution >= 4 is 53.9 Å². The van der Waals surface area contributed by atoms with Gasteiger partial charge in [-0.1, -0.05) is 17.7 Å². The van der Waals surface area contributed by atoms with Gasteiger partial charge in [0.1, 0.15) is 37.1 Å². The second-order valence-corrected chi connectivity index (χ2v) is 10.4. The van der Waals surface area contributed by atoms with Crippen molar-refractivity contribution in [1.29, 1.82) is 0 Å². The van der Waals surface area contributed by atoms with Gasteiger partial charge in [-0.05, 0) is 73.2 Å². The molecule has 8 nitrogen and oxygen atoms in total. The van der Waals surface area contributed by atoms with Crippen LogP contribution < -0.4 is 16.7 Å². The van der Waals surface area contributed by atoms with Gasteiger partial charge in [-0.2, -0.15) is 0 Å². The number of rotatable bonds is 8. The number of aliphatic hydroxyl groups is 3. The average Bonchev–Trinajstić information content (AvgIpc) is 3.11. The molecule has 2 atom stereocenters. The van der Waals surface area contributed by atoms with Crippen LogP contribution in [0.2, 0.25) is 5.02 Å². The minimum atomic E-state index is -2.69. The topological polar surface area (TPSA) is 151 Å². The van der Waals surface area contributed by atoms with Crippen LogP contribution in [-0.4, -0.2) is 90.4 Å². The molecule has 0 bridgehead atoms. The molecule has 0 saturated heterocycles. The predicted molar refractivity (Wildman–Crippen MR) is 141 cm³/mol. The van der Waals surface area contributed by atoms with E-state index in [2.05, 4.69) is 0 Å². The molecule has 2 aromatic rings. The highest BCUT2D eigenvalue weighted by Gasteiger charge is 2.48. The highest BCUT2D eigenvalue weighted by atomic mass is 35.5. The number of phenols is 3. The van der Waals surface area contributed by atoms with E-state index in [-0.39, 0.29) is 23.4 Å². The molecule has 184 valence electrons. The van der Waals surface area contributed by atoms with Crippen molar-refractivity contribution in [2.75, 3.05) is 6.54 Å².